The van der Waals surface area contributed by atoms with Crippen LogP contribution in [-0.4, -0.2) is 48.8 Å². The van der Waals surface area contributed by atoms with Gasteiger partial charge in [0.1, 0.15) is 0 Å². The van der Waals surface area contributed by atoms with Crippen molar-refractivity contribution < 1.29 is 14.6 Å². The Morgan fingerprint density at radius 2 is 1.84 bits per heavy atom. The number of hydrogen-bond donors (Lipinski definition) is 1. The largest absolute Gasteiger partial charge is 0.481 e. The van der Waals surface area contributed by atoms with E-state index in [0.29, 0.717) is 5.92 Å². The summed E-state index contributed by atoms with van der Waals surface area (Å²) in [7, 11) is 1.76. The lowest BCUT2D eigenvalue weighted by Crippen LogP contribution is -2.47. The van der Waals surface area contributed by atoms with Crippen molar-refractivity contribution in [2.24, 2.45) is 11.8 Å². The van der Waals surface area contributed by atoms with E-state index in [9.17, 15) is 9.90 Å². The zero-order chi connectivity index (χ0) is 13.7. The van der Waals surface area contributed by atoms with E-state index in [4.69, 9.17) is 4.74 Å². The summed E-state index contributed by atoms with van der Waals surface area (Å²) in [5.74, 6) is -0.0808. The molecule has 0 amide bonds. The van der Waals surface area contributed by atoms with E-state index in [0.717, 1.165) is 51.8 Å². The fourth-order valence-electron chi connectivity index (χ4n) is 3.70. The number of ether oxygens (including phenoxy) is 1. The predicted molar refractivity (Wildman–Crippen MR) is 74.2 cm³/mol. The van der Waals surface area contributed by atoms with Crippen LogP contribution in [0.3, 0.4) is 0 Å². The number of hydrogen-bond acceptors (Lipinski definition) is 3. The van der Waals surface area contributed by atoms with E-state index in [1.165, 1.54) is 12.8 Å². The van der Waals surface area contributed by atoms with Crippen LogP contribution >= 0.6 is 0 Å². The number of aliphatic carboxylic acids is 1. The van der Waals surface area contributed by atoms with Gasteiger partial charge in [-0.2, -0.15) is 0 Å². The summed E-state index contributed by atoms with van der Waals surface area (Å²) in [5.41, 5.74) is 0. The fraction of sp³-hybridized carbons (Fsp3) is 0.933. The highest BCUT2D eigenvalue weighted by Crippen LogP contribution is 2.30. The molecule has 1 saturated carbocycles. The van der Waals surface area contributed by atoms with Crippen LogP contribution in [-0.2, 0) is 9.53 Å². The summed E-state index contributed by atoms with van der Waals surface area (Å²) < 4.78 is 5.23. The van der Waals surface area contributed by atoms with Crippen molar-refractivity contribution in [1.82, 2.24) is 4.90 Å². The third kappa shape index (κ3) is 3.93. The zero-order valence-electron chi connectivity index (χ0n) is 12.0. The molecular formula is C15H27NO3. The van der Waals surface area contributed by atoms with E-state index in [2.05, 4.69) is 4.90 Å². The molecule has 1 aliphatic heterocycles. The summed E-state index contributed by atoms with van der Waals surface area (Å²) >= 11 is 0. The second kappa shape index (κ2) is 7.25. The lowest BCUT2D eigenvalue weighted by Gasteiger charge is -2.39. The van der Waals surface area contributed by atoms with E-state index in [1.54, 1.807) is 7.11 Å². The molecule has 4 nitrogen and oxygen atoms in total. The maximum atomic E-state index is 11.5. The first-order valence-electron chi connectivity index (χ1n) is 7.68. The summed E-state index contributed by atoms with van der Waals surface area (Å²) in [6, 6.07) is 0.267. The van der Waals surface area contributed by atoms with Gasteiger partial charge in [-0.3, -0.25) is 9.69 Å². The minimum Gasteiger partial charge on any atom is -0.481 e. The van der Waals surface area contributed by atoms with E-state index in [-0.39, 0.29) is 12.0 Å². The normalized spacial score (nSPS) is 31.0. The van der Waals surface area contributed by atoms with Gasteiger partial charge in [0.2, 0.25) is 0 Å². The number of rotatable bonds is 4. The molecule has 0 aromatic heterocycles. The predicted octanol–water partition coefficient (Wildman–Crippen LogP) is 2.38. The Kier molecular flexibility index (Phi) is 5.64. The number of carbonyl (C=O) groups is 1. The number of methoxy groups -OCH3 is 1. The molecule has 110 valence electrons. The Morgan fingerprint density at radius 1 is 1.16 bits per heavy atom. The zero-order valence-corrected chi connectivity index (χ0v) is 12.0. The van der Waals surface area contributed by atoms with Crippen LogP contribution in [0.15, 0.2) is 0 Å². The maximum absolute atomic E-state index is 11.5. The Hall–Kier alpha value is -0.610. The number of piperidine rings is 1. The van der Waals surface area contributed by atoms with E-state index < -0.39 is 5.97 Å². The van der Waals surface area contributed by atoms with Crippen molar-refractivity contribution in [2.45, 2.75) is 51.0 Å². The lowest BCUT2D eigenvalue weighted by atomic mass is 9.89. The summed E-state index contributed by atoms with van der Waals surface area (Å²) in [5, 5.41) is 9.45. The highest BCUT2D eigenvalue weighted by atomic mass is 16.5. The van der Waals surface area contributed by atoms with Gasteiger partial charge in [0.05, 0.1) is 5.92 Å². The molecule has 2 atom stereocenters. The molecule has 0 bridgehead atoms. The minimum atomic E-state index is -0.592. The highest BCUT2D eigenvalue weighted by Gasteiger charge is 2.35. The first kappa shape index (κ1) is 14.8. The molecule has 2 fully saturated rings. The van der Waals surface area contributed by atoms with Crippen molar-refractivity contribution in [3.05, 3.63) is 0 Å². The third-order valence-electron chi connectivity index (χ3n) is 4.82. The van der Waals surface area contributed by atoms with Crippen LogP contribution in [0.4, 0.5) is 0 Å². The van der Waals surface area contributed by atoms with Gasteiger partial charge < -0.3 is 9.84 Å². The number of carboxylic acid groups (broad SMARTS) is 1. The van der Waals surface area contributed by atoms with Gasteiger partial charge in [0, 0.05) is 19.8 Å². The second-order valence-corrected chi connectivity index (χ2v) is 6.08. The Morgan fingerprint density at radius 3 is 2.47 bits per heavy atom. The highest BCUT2D eigenvalue weighted by molar-refractivity contribution is 5.70. The molecule has 2 unspecified atom stereocenters. The second-order valence-electron chi connectivity index (χ2n) is 6.08. The van der Waals surface area contributed by atoms with Gasteiger partial charge in [-0.25, -0.2) is 0 Å². The lowest BCUT2D eigenvalue weighted by molar-refractivity contribution is -0.144. The topological polar surface area (TPSA) is 49.8 Å². The quantitative estimate of drug-likeness (QED) is 0.796. The number of carboxylic acids is 1. The fourth-order valence-corrected chi connectivity index (χ4v) is 3.70. The molecule has 19 heavy (non-hydrogen) atoms. The van der Waals surface area contributed by atoms with Crippen LogP contribution in [0, 0.1) is 11.8 Å². The average Bonchev–Trinajstić information content (AvgIpc) is 2.65. The molecule has 2 aliphatic rings. The molecule has 2 rings (SSSR count). The summed E-state index contributed by atoms with van der Waals surface area (Å²) in [4.78, 5) is 13.9. The molecular weight excluding hydrogens is 242 g/mol. The van der Waals surface area contributed by atoms with E-state index >= 15 is 0 Å². The molecule has 1 N–H and O–H groups in total. The van der Waals surface area contributed by atoms with E-state index in [1.807, 2.05) is 0 Å². The smallest absolute Gasteiger partial charge is 0.308 e. The molecule has 0 aromatic carbocycles. The molecule has 0 radical (unpaired) electrons. The molecule has 0 spiro atoms. The van der Waals surface area contributed by atoms with Gasteiger partial charge in [-0.15, -0.1) is 0 Å². The summed E-state index contributed by atoms with van der Waals surface area (Å²) in [6.07, 6.45) is 7.68. The van der Waals surface area contributed by atoms with Gasteiger partial charge in [0.25, 0.3) is 0 Å². The Labute approximate surface area is 116 Å². The summed E-state index contributed by atoms with van der Waals surface area (Å²) in [6.45, 7) is 2.94. The monoisotopic (exact) mass is 269 g/mol. The molecule has 4 heteroatoms. The van der Waals surface area contributed by atoms with Crippen LogP contribution in [0.2, 0.25) is 0 Å². The average molecular weight is 269 g/mol. The Bertz CT molecular complexity index is 287. The first-order valence-corrected chi connectivity index (χ1v) is 7.68. The van der Waals surface area contributed by atoms with Gasteiger partial charge in [-0.1, -0.05) is 19.3 Å². The van der Waals surface area contributed by atoms with Crippen molar-refractivity contribution in [1.29, 1.82) is 0 Å². The van der Waals surface area contributed by atoms with Crippen molar-refractivity contribution in [2.75, 3.05) is 26.8 Å². The number of nitrogens with zero attached hydrogens (tertiary/aromatic N) is 1. The third-order valence-corrected chi connectivity index (χ3v) is 4.82. The molecule has 1 saturated heterocycles. The molecule has 1 heterocycles. The molecule has 1 aliphatic carbocycles. The number of likely N-dealkylation sites (tertiary alicyclic amines) is 1. The minimum absolute atomic E-state index is 0.151. The van der Waals surface area contributed by atoms with Gasteiger partial charge >= 0.3 is 5.97 Å². The van der Waals surface area contributed by atoms with Crippen LogP contribution in [0.1, 0.15) is 44.9 Å². The van der Waals surface area contributed by atoms with Crippen molar-refractivity contribution >= 4 is 5.97 Å². The van der Waals surface area contributed by atoms with Crippen molar-refractivity contribution in [3.63, 3.8) is 0 Å². The Balaban J connectivity index is 1.93. The molecule has 0 aromatic rings. The van der Waals surface area contributed by atoms with Crippen LogP contribution in [0.25, 0.3) is 0 Å². The van der Waals surface area contributed by atoms with Crippen LogP contribution in [0.5, 0.6) is 0 Å². The van der Waals surface area contributed by atoms with Gasteiger partial charge in [0.15, 0.2) is 0 Å². The SMILES string of the molecule is COCC1CCN(C2CCCCCC2C(=O)O)CC1. The van der Waals surface area contributed by atoms with Crippen LogP contribution < -0.4 is 0 Å². The van der Waals surface area contributed by atoms with Gasteiger partial charge in [-0.05, 0) is 44.7 Å². The maximum Gasteiger partial charge on any atom is 0.308 e. The van der Waals surface area contributed by atoms with Crippen molar-refractivity contribution in [3.8, 4) is 0 Å². The first-order chi connectivity index (χ1) is 9.22. The standard InChI is InChI=1S/C15H27NO3/c1-19-11-12-7-9-16(10-8-12)14-6-4-2-3-5-13(14)15(17)18/h12-14H,2-11H2,1H3,(H,17,18).